The van der Waals surface area contributed by atoms with E-state index < -0.39 is 0 Å². The number of rotatable bonds is 4. The highest BCUT2D eigenvalue weighted by atomic mass is 35.5. The predicted molar refractivity (Wildman–Crippen MR) is 95.4 cm³/mol. The average molecular weight is 345 g/mol. The van der Waals surface area contributed by atoms with Gasteiger partial charge in [0.1, 0.15) is 10.2 Å². The molecule has 0 spiro atoms. The molecular weight excluding hydrogens is 332 g/mol. The van der Waals surface area contributed by atoms with Crippen LogP contribution in [0.15, 0.2) is 58.9 Å². The van der Waals surface area contributed by atoms with E-state index in [0.29, 0.717) is 17.3 Å². The molecule has 1 aromatic carbocycles. The number of anilines is 1. The van der Waals surface area contributed by atoms with E-state index in [9.17, 15) is 4.79 Å². The van der Waals surface area contributed by atoms with Gasteiger partial charge in [0, 0.05) is 23.9 Å². The molecule has 2 aromatic rings. The summed E-state index contributed by atoms with van der Waals surface area (Å²) in [6, 6.07) is 12.9. The third-order valence-corrected chi connectivity index (χ3v) is 4.28. The van der Waals surface area contributed by atoms with Gasteiger partial charge in [-0.05, 0) is 24.3 Å². The monoisotopic (exact) mass is 344 g/mol. The summed E-state index contributed by atoms with van der Waals surface area (Å²) in [7, 11) is 0. The average Bonchev–Trinajstić information content (AvgIpc) is 3.04. The molecule has 0 atom stereocenters. The Bertz CT molecular complexity index is 759. The molecule has 1 amide bonds. The molecule has 0 aliphatic carbocycles. The van der Waals surface area contributed by atoms with Crippen LogP contribution in [0.2, 0.25) is 5.15 Å². The topological polar surface area (TPSA) is 66.7 Å². The number of nitrogens with zero attached hydrogens (tertiary/aromatic N) is 3. The molecule has 2 heterocycles. The number of hydrogen-bond donors (Lipinski definition) is 1. The van der Waals surface area contributed by atoms with Gasteiger partial charge in [-0.1, -0.05) is 41.6 Å². The summed E-state index contributed by atoms with van der Waals surface area (Å²) in [5.41, 5.74) is 2.51. The fourth-order valence-electron chi connectivity index (χ4n) is 1.98. The number of nitrogens with one attached hydrogen (secondary N) is 1. The zero-order chi connectivity index (χ0) is 16.1. The van der Waals surface area contributed by atoms with Crippen LogP contribution in [0, 0.1) is 0 Å². The second-order valence-corrected chi connectivity index (χ2v) is 6.23. The molecule has 3 rings (SSSR count). The minimum absolute atomic E-state index is 0.0643. The molecule has 0 bridgehead atoms. The van der Waals surface area contributed by atoms with Gasteiger partial charge in [-0.2, -0.15) is 5.10 Å². The van der Waals surface area contributed by atoms with Crippen LogP contribution in [0.4, 0.5) is 5.69 Å². The molecule has 1 aromatic heterocycles. The van der Waals surface area contributed by atoms with Crippen molar-refractivity contribution in [3.63, 3.8) is 0 Å². The van der Waals surface area contributed by atoms with E-state index >= 15 is 0 Å². The van der Waals surface area contributed by atoms with Gasteiger partial charge in [-0.3, -0.25) is 4.79 Å². The maximum absolute atomic E-state index is 11.9. The Morgan fingerprint density at radius 1 is 1.17 bits per heavy atom. The number of benzene rings is 1. The van der Waals surface area contributed by atoms with Crippen LogP contribution in [0.25, 0.3) is 0 Å². The first-order chi connectivity index (χ1) is 11.2. The van der Waals surface area contributed by atoms with E-state index in [-0.39, 0.29) is 5.91 Å². The van der Waals surface area contributed by atoms with Gasteiger partial charge in [-0.25, -0.2) is 4.98 Å². The fraction of sp³-hybridized carbons (Fsp3) is 0.125. The van der Waals surface area contributed by atoms with Crippen LogP contribution < -0.4 is 5.32 Å². The Morgan fingerprint density at radius 2 is 2.00 bits per heavy atom. The Kier molecular flexibility index (Phi) is 5.05. The predicted octanol–water partition coefficient (Wildman–Crippen LogP) is 3.61. The normalized spacial score (nSPS) is 13.4. The Labute approximate surface area is 142 Å². The van der Waals surface area contributed by atoms with Gasteiger partial charge >= 0.3 is 0 Å². The van der Waals surface area contributed by atoms with Crippen LogP contribution in [0.1, 0.15) is 12.0 Å². The van der Waals surface area contributed by atoms with Gasteiger partial charge in [0.05, 0.1) is 11.5 Å². The summed E-state index contributed by atoms with van der Waals surface area (Å²) in [5, 5.41) is 12.4. The Balaban J connectivity index is 1.47. The highest BCUT2D eigenvalue weighted by Crippen LogP contribution is 2.19. The molecule has 7 heteroatoms. The Hall–Kier alpha value is -2.18. The van der Waals surface area contributed by atoms with E-state index in [1.165, 1.54) is 11.8 Å². The first-order valence-corrected chi connectivity index (χ1v) is 8.30. The third-order valence-electron chi connectivity index (χ3n) is 3.09. The summed E-state index contributed by atoms with van der Waals surface area (Å²) < 4.78 is 0. The molecule has 116 valence electrons. The first-order valence-electron chi connectivity index (χ1n) is 6.94. The van der Waals surface area contributed by atoms with Crippen molar-refractivity contribution in [2.75, 3.05) is 11.1 Å². The quantitative estimate of drug-likeness (QED) is 0.861. The molecule has 0 saturated heterocycles. The maximum atomic E-state index is 11.9. The summed E-state index contributed by atoms with van der Waals surface area (Å²) in [5.74, 6) is 0.237. The number of carbonyl (C=O) groups is 1. The number of amides is 1. The van der Waals surface area contributed by atoms with Crippen molar-refractivity contribution in [2.24, 2.45) is 10.2 Å². The largest absolute Gasteiger partial charge is 0.325 e. The molecule has 5 nitrogen and oxygen atoms in total. The first kappa shape index (κ1) is 15.7. The molecule has 1 aliphatic rings. The second kappa shape index (κ2) is 7.39. The van der Waals surface area contributed by atoms with E-state index in [0.717, 1.165) is 22.0 Å². The molecule has 1 aliphatic heterocycles. The summed E-state index contributed by atoms with van der Waals surface area (Å²) >= 11 is 7.16. The van der Waals surface area contributed by atoms with Crippen LogP contribution >= 0.6 is 23.4 Å². The summed E-state index contributed by atoms with van der Waals surface area (Å²) in [4.78, 5) is 15.9. The lowest BCUT2D eigenvalue weighted by atomic mass is 10.1. The van der Waals surface area contributed by atoms with Crippen molar-refractivity contribution in [1.82, 2.24) is 4.98 Å². The SMILES string of the molecule is O=C(CSC1=NN=C(c2ccc(Cl)nc2)C1)Nc1ccccc1. The maximum Gasteiger partial charge on any atom is 0.234 e. The molecule has 0 radical (unpaired) electrons. The number of pyridine rings is 1. The molecule has 0 fully saturated rings. The number of hydrogen-bond acceptors (Lipinski definition) is 5. The number of carbonyl (C=O) groups excluding carboxylic acids is 1. The summed E-state index contributed by atoms with van der Waals surface area (Å²) in [6.45, 7) is 0. The van der Waals surface area contributed by atoms with Crippen molar-refractivity contribution in [2.45, 2.75) is 6.42 Å². The van der Waals surface area contributed by atoms with E-state index in [4.69, 9.17) is 11.6 Å². The van der Waals surface area contributed by atoms with E-state index in [1.54, 1.807) is 12.3 Å². The van der Waals surface area contributed by atoms with Crippen molar-refractivity contribution in [1.29, 1.82) is 0 Å². The number of thioether (sulfide) groups is 1. The summed E-state index contributed by atoms with van der Waals surface area (Å²) in [6.07, 6.45) is 2.28. The van der Waals surface area contributed by atoms with Crippen molar-refractivity contribution < 1.29 is 4.79 Å². The third kappa shape index (κ3) is 4.40. The smallest absolute Gasteiger partial charge is 0.234 e. The standard InChI is InChI=1S/C16H13ClN4OS/c17-14-7-6-11(9-18-14)13-8-16(21-20-13)23-10-15(22)19-12-4-2-1-3-5-12/h1-7,9H,8,10H2,(H,19,22). The highest BCUT2D eigenvalue weighted by Gasteiger charge is 2.16. The van der Waals surface area contributed by atoms with Gasteiger partial charge in [0.2, 0.25) is 5.91 Å². The zero-order valence-electron chi connectivity index (χ0n) is 12.1. The number of aromatic nitrogens is 1. The van der Waals surface area contributed by atoms with Gasteiger partial charge in [0.15, 0.2) is 0 Å². The lowest BCUT2D eigenvalue weighted by molar-refractivity contribution is -0.113. The minimum Gasteiger partial charge on any atom is -0.325 e. The lowest BCUT2D eigenvalue weighted by Crippen LogP contribution is -2.15. The fourth-order valence-corrected chi connectivity index (χ4v) is 2.80. The highest BCUT2D eigenvalue weighted by molar-refractivity contribution is 8.14. The van der Waals surface area contributed by atoms with E-state index in [2.05, 4.69) is 20.5 Å². The van der Waals surface area contributed by atoms with E-state index in [1.807, 2.05) is 36.4 Å². The molecule has 23 heavy (non-hydrogen) atoms. The minimum atomic E-state index is -0.0643. The van der Waals surface area contributed by atoms with Crippen LogP contribution in [0.3, 0.4) is 0 Å². The number of halogens is 1. The van der Waals surface area contributed by atoms with Gasteiger partial charge < -0.3 is 5.32 Å². The molecular formula is C16H13ClN4OS. The number of para-hydroxylation sites is 1. The van der Waals surface area contributed by atoms with Crippen molar-refractivity contribution in [3.8, 4) is 0 Å². The second-order valence-electron chi connectivity index (χ2n) is 4.79. The van der Waals surface area contributed by atoms with Crippen molar-refractivity contribution >= 4 is 45.7 Å². The molecule has 1 N–H and O–H groups in total. The lowest BCUT2D eigenvalue weighted by Gasteiger charge is -2.04. The molecule has 0 unspecified atom stereocenters. The molecule has 0 saturated carbocycles. The Morgan fingerprint density at radius 3 is 2.74 bits per heavy atom. The van der Waals surface area contributed by atoms with Gasteiger partial charge in [0.25, 0.3) is 0 Å². The van der Waals surface area contributed by atoms with Crippen LogP contribution in [-0.2, 0) is 4.79 Å². The van der Waals surface area contributed by atoms with Crippen LogP contribution in [0.5, 0.6) is 0 Å². The van der Waals surface area contributed by atoms with Crippen molar-refractivity contribution in [3.05, 3.63) is 59.4 Å². The zero-order valence-corrected chi connectivity index (χ0v) is 13.6. The van der Waals surface area contributed by atoms with Gasteiger partial charge in [-0.15, -0.1) is 5.10 Å². The van der Waals surface area contributed by atoms with Crippen LogP contribution in [-0.4, -0.2) is 27.4 Å².